The highest BCUT2D eigenvalue weighted by Crippen LogP contribution is 2.34. The molecule has 7 heteroatoms. The third kappa shape index (κ3) is 3.53. The van der Waals surface area contributed by atoms with Gasteiger partial charge in [-0.25, -0.2) is 4.79 Å². The number of nitrogens with two attached hydrogens (primary N) is 1. The van der Waals surface area contributed by atoms with Gasteiger partial charge in [0.15, 0.2) is 0 Å². The number of halogens is 3. The molecule has 2 rings (SSSR count). The van der Waals surface area contributed by atoms with E-state index in [1.807, 2.05) is 0 Å². The van der Waals surface area contributed by atoms with E-state index in [2.05, 4.69) is 4.99 Å². The van der Waals surface area contributed by atoms with Crippen molar-refractivity contribution in [1.82, 2.24) is 0 Å². The zero-order valence-corrected chi connectivity index (χ0v) is 11.2. The van der Waals surface area contributed by atoms with Crippen LogP contribution in [0.3, 0.4) is 0 Å². The number of aromatic carboxylic acids is 1. The molecule has 21 heavy (non-hydrogen) atoms. The Morgan fingerprint density at radius 2 is 2.00 bits per heavy atom. The Bertz CT molecular complexity index is 582. The first kappa shape index (κ1) is 15.3. The van der Waals surface area contributed by atoms with Gasteiger partial charge in [0.05, 0.1) is 11.1 Å². The highest BCUT2D eigenvalue weighted by atomic mass is 19.4. The van der Waals surface area contributed by atoms with Crippen molar-refractivity contribution in [2.45, 2.75) is 31.4 Å². The standard InChI is InChI=1S/C14H15F3N2O2/c15-14(16,17)10-6-8(5-9(7-10)13(20)21)11-3-1-2-4-19-12(11)18/h5-7,11H,1-4H2,(H2,18,19)(H,20,21). The van der Waals surface area contributed by atoms with Crippen molar-refractivity contribution >= 4 is 11.8 Å². The third-order valence-corrected chi connectivity index (χ3v) is 3.48. The first-order valence-electron chi connectivity index (χ1n) is 6.54. The van der Waals surface area contributed by atoms with Crippen molar-refractivity contribution in [2.24, 2.45) is 10.7 Å². The second-order valence-corrected chi connectivity index (χ2v) is 5.00. The molecule has 0 aliphatic carbocycles. The fourth-order valence-corrected chi connectivity index (χ4v) is 2.40. The maximum Gasteiger partial charge on any atom is 0.416 e. The molecular formula is C14H15F3N2O2. The van der Waals surface area contributed by atoms with E-state index >= 15 is 0 Å². The molecule has 1 aliphatic heterocycles. The molecule has 0 aromatic heterocycles. The van der Waals surface area contributed by atoms with Gasteiger partial charge in [-0.3, -0.25) is 4.99 Å². The van der Waals surface area contributed by atoms with Crippen molar-refractivity contribution in [3.8, 4) is 0 Å². The molecule has 0 amide bonds. The smallest absolute Gasteiger partial charge is 0.416 e. The molecular weight excluding hydrogens is 285 g/mol. The molecule has 0 saturated carbocycles. The van der Waals surface area contributed by atoms with Crippen LogP contribution in [0.25, 0.3) is 0 Å². The van der Waals surface area contributed by atoms with Crippen LogP contribution in [0.15, 0.2) is 23.2 Å². The second-order valence-electron chi connectivity index (χ2n) is 5.00. The Kier molecular flexibility index (Phi) is 4.20. The quantitative estimate of drug-likeness (QED) is 0.881. The van der Waals surface area contributed by atoms with Gasteiger partial charge < -0.3 is 10.8 Å². The van der Waals surface area contributed by atoms with E-state index in [-0.39, 0.29) is 11.4 Å². The number of carboxylic acid groups (broad SMARTS) is 1. The van der Waals surface area contributed by atoms with Crippen molar-refractivity contribution < 1.29 is 23.1 Å². The van der Waals surface area contributed by atoms with Gasteiger partial charge in [-0.2, -0.15) is 13.2 Å². The summed E-state index contributed by atoms with van der Waals surface area (Å²) in [5.74, 6) is -1.59. The van der Waals surface area contributed by atoms with Gasteiger partial charge in [0.1, 0.15) is 5.84 Å². The van der Waals surface area contributed by atoms with Gasteiger partial charge in [0.25, 0.3) is 0 Å². The van der Waals surface area contributed by atoms with E-state index < -0.39 is 29.2 Å². The average molecular weight is 300 g/mol. The van der Waals surface area contributed by atoms with E-state index in [0.717, 1.165) is 18.9 Å². The maximum absolute atomic E-state index is 12.9. The number of alkyl halides is 3. The number of carbonyl (C=O) groups is 1. The second kappa shape index (κ2) is 5.75. The number of nitrogens with zero attached hydrogens (tertiary/aromatic N) is 1. The summed E-state index contributed by atoms with van der Waals surface area (Å²) >= 11 is 0. The summed E-state index contributed by atoms with van der Waals surface area (Å²) in [6.07, 6.45) is -2.43. The minimum atomic E-state index is -4.60. The highest BCUT2D eigenvalue weighted by molar-refractivity contribution is 5.91. The average Bonchev–Trinajstić information content (AvgIpc) is 2.62. The van der Waals surface area contributed by atoms with E-state index in [9.17, 15) is 18.0 Å². The van der Waals surface area contributed by atoms with Crippen LogP contribution in [-0.2, 0) is 6.18 Å². The molecule has 3 N–H and O–H groups in total. The lowest BCUT2D eigenvalue weighted by atomic mass is 9.90. The molecule has 4 nitrogen and oxygen atoms in total. The van der Waals surface area contributed by atoms with Crippen LogP contribution in [0.5, 0.6) is 0 Å². The van der Waals surface area contributed by atoms with Gasteiger partial charge in [0, 0.05) is 12.5 Å². The number of carboxylic acids is 1. The van der Waals surface area contributed by atoms with Crippen molar-refractivity contribution in [3.63, 3.8) is 0 Å². The number of amidine groups is 1. The van der Waals surface area contributed by atoms with E-state index in [4.69, 9.17) is 10.8 Å². The summed E-state index contributed by atoms with van der Waals surface area (Å²) in [7, 11) is 0. The van der Waals surface area contributed by atoms with Gasteiger partial charge in [-0.05, 0) is 36.6 Å². The molecule has 0 bridgehead atoms. The van der Waals surface area contributed by atoms with Gasteiger partial charge in [-0.1, -0.05) is 6.42 Å². The van der Waals surface area contributed by atoms with Crippen molar-refractivity contribution in [1.29, 1.82) is 0 Å². The Hall–Kier alpha value is -2.05. The van der Waals surface area contributed by atoms with E-state index in [1.54, 1.807) is 0 Å². The molecule has 114 valence electrons. The molecule has 1 aromatic carbocycles. The van der Waals surface area contributed by atoms with Gasteiger partial charge >= 0.3 is 12.1 Å². The van der Waals surface area contributed by atoms with Crippen LogP contribution in [-0.4, -0.2) is 23.5 Å². The minimum Gasteiger partial charge on any atom is -0.478 e. The van der Waals surface area contributed by atoms with Gasteiger partial charge in [0.2, 0.25) is 0 Å². The van der Waals surface area contributed by atoms with Crippen LogP contribution in [0, 0.1) is 0 Å². The predicted molar refractivity (Wildman–Crippen MR) is 71.5 cm³/mol. The normalized spacial score (nSPS) is 19.8. The first-order chi connectivity index (χ1) is 9.79. The zero-order chi connectivity index (χ0) is 15.6. The summed E-state index contributed by atoms with van der Waals surface area (Å²) in [5.41, 5.74) is 4.70. The number of rotatable bonds is 2. The van der Waals surface area contributed by atoms with Crippen LogP contribution in [0.4, 0.5) is 13.2 Å². The Morgan fingerprint density at radius 1 is 1.29 bits per heavy atom. The summed E-state index contributed by atoms with van der Waals surface area (Å²) < 4.78 is 38.7. The molecule has 0 saturated heterocycles. The first-order valence-corrected chi connectivity index (χ1v) is 6.54. The number of hydrogen-bond donors (Lipinski definition) is 2. The Balaban J connectivity index is 2.51. The zero-order valence-electron chi connectivity index (χ0n) is 11.2. The van der Waals surface area contributed by atoms with Crippen molar-refractivity contribution in [3.05, 3.63) is 34.9 Å². The molecule has 1 aromatic rings. The minimum absolute atomic E-state index is 0.255. The fraction of sp³-hybridized carbons (Fsp3) is 0.429. The Labute approximate surface area is 119 Å². The molecule has 0 spiro atoms. The third-order valence-electron chi connectivity index (χ3n) is 3.48. The SMILES string of the molecule is NC1=NCCCCC1c1cc(C(=O)O)cc(C(F)(F)F)c1. The molecule has 1 heterocycles. The molecule has 0 radical (unpaired) electrons. The largest absolute Gasteiger partial charge is 0.478 e. The monoisotopic (exact) mass is 300 g/mol. The Morgan fingerprint density at radius 3 is 2.62 bits per heavy atom. The number of benzene rings is 1. The van der Waals surface area contributed by atoms with Gasteiger partial charge in [-0.15, -0.1) is 0 Å². The van der Waals surface area contributed by atoms with Crippen LogP contribution >= 0.6 is 0 Å². The molecule has 1 atom stereocenters. The molecule has 1 aliphatic rings. The summed E-state index contributed by atoms with van der Waals surface area (Å²) in [4.78, 5) is 15.1. The lowest BCUT2D eigenvalue weighted by Crippen LogP contribution is -2.22. The van der Waals surface area contributed by atoms with Crippen molar-refractivity contribution in [2.75, 3.05) is 6.54 Å². The van der Waals surface area contributed by atoms with Crippen LogP contribution in [0.1, 0.15) is 46.7 Å². The highest BCUT2D eigenvalue weighted by Gasteiger charge is 2.33. The molecule has 1 unspecified atom stereocenters. The number of hydrogen-bond acceptors (Lipinski definition) is 3. The summed E-state index contributed by atoms with van der Waals surface area (Å²) in [5, 5.41) is 8.99. The fourth-order valence-electron chi connectivity index (χ4n) is 2.40. The molecule has 0 fully saturated rings. The summed E-state index contributed by atoms with van der Waals surface area (Å²) in [6, 6.07) is 2.84. The van der Waals surface area contributed by atoms with E-state index in [1.165, 1.54) is 6.07 Å². The summed E-state index contributed by atoms with van der Waals surface area (Å²) in [6.45, 7) is 0.549. The van der Waals surface area contributed by atoms with Crippen LogP contribution in [0.2, 0.25) is 0 Å². The topological polar surface area (TPSA) is 75.7 Å². The van der Waals surface area contributed by atoms with E-state index in [0.29, 0.717) is 19.0 Å². The van der Waals surface area contributed by atoms with Crippen LogP contribution < -0.4 is 5.73 Å². The predicted octanol–water partition coefficient (Wildman–Crippen LogP) is 3.03. The number of aliphatic imine (C=N–C) groups is 1. The lowest BCUT2D eigenvalue weighted by Gasteiger charge is -2.18. The lowest BCUT2D eigenvalue weighted by molar-refractivity contribution is -0.137. The maximum atomic E-state index is 12.9.